The fourth-order valence-electron chi connectivity index (χ4n) is 4.68. The number of rotatable bonds is 12. The number of allylic oxidation sites excluding steroid dienone is 3. The number of nitrogens with one attached hydrogen (secondary N) is 3. The Morgan fingerprint density at radius 3 is 2.70 bits per heavy atom. The van der Waals surface area contributed by atoms with E-state index in [1.807, 2.05) is 32.9 Å². The van der Waals surface area contributed by atoms with Crippen LogP contribution >= 0.6 is 11.6 Å². The lowest BCUT2D eigenvalue weighted by atomic mass is 10.0. The Labute approximate surface area is 257 Å². The van der Waals surface area contributed by atoms with Crippen LogP contribution < -0.4 is 26.4 Å². The zero-order valence-corrected chi connectivity index (χ0v) is 25.9. The van der Waals surface area contributed by atoms with Crippen LogP contribution in [0.4, 0.5) is 4.39 Å². The minimum absolute atomic E-state index is 0.00784. The van der Waals surface area contributed by atoms with Crippen LogP contribution in [0.3, 0.4) is 0 Å². The van der Waals surface area contributed by atoms with E-state index in [1.165, 1.54) is 19.4 Å². The van der Waals surface area contributed by atoms with Gasteiger partial charge >= 0.3 is 0 Å². The largest absolute Gasteiger partial charge is 0.494 e. The molecule has 11 heteroatoms. The van der Waals surface area contributed by atoms with Gasteiger partial charge in [0.25, 0.3) is 5.91 Å². The van der Waals surface area contributed by atoms with Gasteiger partial charge in [-0.3, -0.25) is 9.59 Å². The van der Waals surface area contributed by atoms with E-state index in [2.05, 4.69) is 27.5 Å². The molecule has 1 heterocycles. The summed E-state index contributed by atoms with van der Waals surface area (Å²) in [5.41, 5.74) is 9.37. The van der Waals surface area contributed by atoms with Gasteiger partial charge in [-0.1, -0.05) is 57.5 Å². The zero-order valence-electron chi connectivity index (χ0n) is 25.1. The predicted molar refractivity (Wildman–Crippen MR) is 170 cm³/mol. The summed E-state index contributed by atoms with van der Waals surface area (Å²) in [6.07, 6.45) is 13.1. The number of carbonyl (C=O) groups is 2. The first-order valence-electron chi connectivity index (χ1n) is 14.3. The molecular weight excluding hydrogens is 571 g/mol. The lowest BCUT2D eigenvalue weighted by molar-refractivity contribution is -0.125. The summed E-state index contributed by atoms with van der Waals surface area (Å²) in [6, 6.07) is 3.09. The normalized spacial score (nSPS) is 15.9. The maximum atomic E-state index is 14.7. The molecular formula is C32H40ClFN6O3. The number of methoxy groups -OCH3 is 1. The van der Waals surface area contributed by atoms with Gasteiger partial charge in [0.1, 0.15) is 0 Å². The molecule has 0 saturated heterocycles. The zero-order chi connectivity index (χ0) is 31.5. The Morgan fingerprint density at radius 2 is 2.02 bits per heavy atom. The summed E-state index contributed by atoms with van der Waals surface area (Å²) in [6.45, 7) is 10.8. The van der Waals surface area contributed by atoms with Crippen LogP contribution in [0.25, 0.3) is 5.70 Å². The SMILES string of the molecule is C=C1C(NC2=CC(CC)=C(C(=O)NCCNC(=O)[C@H](C)CCC)C=CC2)=NC=CN1/C(=C\N)c1ccc(OC)c(F)c1Cl. The summed E-state index contributed by atoms with van der Waals surface area (Å²) in [4.78, 5) is 31.3. The van der Waals surface area contributed by atoms with Crippen LogP contribution in [-0.4, -0.2) is 42.7 Å². The molecule has 1 aliphatic heterocycles. The molecule has 5 N–H and O–H groups in total. The summed E-state index contributed by atoms with van der Waals surface area (Å²) >= 11 is 6.33. The second-order valence-corrected chi connectivity index (χ2v) is 10.4. The number of nitrogens with two attached hydrogens (primary N) is 1. The third-order valence-corrected chi connectivity index (χ3v) is 7.41. The lowest BCUT2D eigenvalue weighted by Gasteiger charge is -2.29. The van der Waals surface area contributed by atoms with Gasteiger partial charge in [0.15, 0.2) is 17.4 Å². The minimum atomic E-state index is -0.694. The van der Waals surface area contributed by atoms with Gasteiger partial charge in [-0.2, -0.15) is 0 Å². The van der Waals surface area contributed by atoms with E-state index in [0.29, 0.717) is 54.3 Å². The molecule has 1 atom stereocenters. The van der Waals surface area contributed by atoms with Crippen molar-refractivity contribution < 1.29 is 18.7 Å². The highest BCUT2D eigenvalue weighted by Crippen LogP contribution is 2.35. The van der Waals surface area contributed by atoms with Crippen molar-refractivity contribution in [2.45, 2.75) is 46.5 Å². The van der Waals surface area contributed by atoms with Crippen molar-refractivity contribution >= 4 is 34.9 Å². The number of benzene rings is 1. The standard InChI is InChI=1S/C32H40ClFN6O3/c1-6-9-20(3)31(41)37-14-15-38-32(42)24-11-8-10-23(18-22(24)7-2)39-30-21(4)40(17-16-36-30)26(19-35)25-12-13-27(43-5)29(34)28(25)33/h8,11-13,16-20H,4,6-7,9-10,14-15,35H2,1-3,5H3,(H,36,39)(H,37,41)(H,38,42)/b26-19-/t20-/m1/s1. The number of hydrogen-bond donors (Lipinski definition) is 4. The maximum Gasteiger partial charge on any atom is 0.251 e. The molecule has 0 radical (unpaired) electrons. The number of amidine groups is 1. The van der Waals surface area contributed by atoms with E-state index in [4.69, 9.17) is 22.1 Å². The summed E-state index contributed by atoms with van der Waals surface area (Å²) in [5, 5.41) is 8.96. The molecule has 0 fully saturated rings. The lowest BCUT2D eigenvalue weighted by Crippen LogP contribution is -2.37. The molecule has 3 rings (SSSR count). The maximum absolute atomic E-state index is 14.7. The van der Waals surface area contributed by atoms with Crippen LogP contribution in [0, 0.1) is 11.7 Å². The summed E-state index contributed by atoms with van der Waals surface area (Å²) in [7, 11) is 1.36. The topological polar surface area (TPSA) is 121 Å². The Hall–Kier alpha value is -4.31. The summed E-state index contributed by atoms with van der Waals surface area (Å²) < 4.78 is 19.7. The van der Waals surface area contributed by atoms with Crippen molar-refractivity contribution in [2.24, 2.45) is 16.6 Å². The second kappa shape index (κ2) is 15.8. The average Bonchev–Trinajstić information content (AvgIpc) is 3.21. The average molecular weight is 611 g/mol. The number of nitrogens with zero attached hydrogens (tertiary/aromatic N) is 2. The van der Waals surface area contributed by atoms with E-state index < -0.39 is 5.82 Å². The van der Waals surface area contributed by atoms with Crippen LogP contribution in [0.5, 0.6) is 5.75 Å². The molecule has 1 aromatic carbocycles. The Kier molecular flexibility index (Phi) is 12.2. The molecule has 1 aromatic rings. The highest BCUT2D eigenvalue weighted by molar-refractivity contribution is 6.32. The van der Waals surface area contributed by atoms with E-state index in [9.17, 15) is 14.0 Å². The van der Waals surface area contributed by atoms with Crippen molar-refractivity contribution in [3.63, 3.8) is 0 Å². The molecule has 1 aliphatic carbocycles. The first-order chi connectivity index (χ1) is 20.7. The quantitative estimate of drug-likeness (QED) is 0.240. The first-order valence-corrected chi connectivity index (χ1v) is 14.6. The fraction of sp³-hybridized carbons (Fsp3) is 0.344. The molecule has 230 valence electrons. The van der Waals surface area contributed by atoms with Crippen LogP contribution in [0.2, 0.25) is 5.02 Å². The van der Waals surface area contributed by atoms with Crippen LogP contribution in [0.1, 0.15) is 52.0 Å². The van der Waals surface area contributed by atoms with E-state index in [1.54, 1.807) is 29.4 Å². The number of halogens is 2. The molecule has 0 aromatic heterocycles. The van der Waals surface area contributed by atoms with Gasteiger partial charge in [-0.15, -0.1) is 0 Å². The number of hydrogen-bond acceptors (Lipinski definition) is 7. The van der Waals surface area contributed by atoms with Crippen molar-refractivity contribution in [2.75, 3.05) is 20.2 Å². The molecule has 2 amide bonds. The van der Waals surface area contributed by atoms with E-state index in [0.717, 1.165) is 24.1 Å². The van der Waals surface area contributed by atoms with E-state index in [-0.39, 0.29) is 28.5 Å². The molecule has 0 unspecified atom stereocenters. The van der Waals surface area contributed by atoms with Gasteiger partial charge in [-0.25, -0.2) is 9.38 Å². The molecule has 0 saturated carbocycles. The van der Waals surface area contributed by atoms with Crippen LogP contribution in [-0.2, 0) is 9.59 Å². The molecule has 0 spiro atoms. The monoisotopic (exact) mass is 610 g/mol. The smallest absolute Gasteiger partial charge is 0.251 e. The molecule has 9 nitrogen and oxygen atoms in total. The first kappa shape index (κ1) is 33.2. The van der Waals surface area contributed by atoms with Crippen LogP contribution in [0.15, 0.2) is 83.1 Å². The highest BCUT2D eigenvalue weighted by Gasteiger charge is 2.24. The number of amides is 2. The van der Waals surface area contributed by atoms with Crippen molar-refractivity contribution in [1.29, 1.82) is 0 Å². The van der Waals surface area contributed by atoms with Gasteiger partial charge in [0, 0.05) is 60.9 Å². The number of carbonyl (C=O) groups excluding carboxylic acids is 2. The number of aliphatic imine (C=N–C) groups is 1. The number of ether oxygens (including phenoxy) is 1. The second-order valence-electron chi connectivity index (χ2n) is 10.0. The fourth-order valence-corrected chi connectivity index (χ4v) is 4.93. The van der Waals surface area contributed by atoms with Gasteiger partial charge < -0.3 is 31.3 Å². The van der Waals surface area contributed by atoms with Crippen molar-refractivity contribution in [1.82, 2.24) is 20.9 Å². The Balaban J connectivity index is 1.72. The highest BCUT2D eigenvalue weighted by atomic mass is 35.5. The molecule has 43 heavy (non-hydrogen) atoms. The van der Waals surface area contributed by atoms with Gasteiger partial charge in [-0.05, 0) is 36.6 Å². The third kappa shape index (κ3) is 8.16. The Bertz CT molecular complexity index is 1430. The van der Waals surface area contributed by atoms with Gasteiger partial charge in [0.2, 0.25) is 5.91 Å². The van der Waals surface area contributed by atoms with Crippen molar-refractivity contribution in [3.05, 3.63) is 94.5 Å². The van der Waals surface area contributed by atoms with E-state index >= 15 is 0 Å². The molecule has 0 bridgehead atoms. The minimum Gasteiger partial charge on any atom is -0.494 e. The summed E-state index contributed by atoms with van der Waals surface area (Å²) in [5.74, 6) is -0.498. The molecule has 2 aliphatic rings. The third-order valence-electron chi connectivity index (χ3n) is 7.04. The Morgan fingerprint density at radius 1 is 1.28 bits per heavy atom. The van der Waals surface area contributed by atoms with Gasteiger partial charge in [0.05, 0.1) is 23.5 Å². The predicted octanol–water partition coefficient (Wildman–Crippen LogP) is 5.25. The van der Waals surface area contributed by atoms with Crippen molar-refractivity contribution in [3.8, 4) is 5.75 Å².